The maximum absolute atomic E-state index is 16.9. The van der Waals surface area contributed by atoms with Gasteiger partial charge in [-0.25, -0.2) is 13.2 Å². The van der Waals surface area contributed by atoms with Gasteiger partial charge < -0.3 is 14.7 Å². The van der Waals surface area contributed by atoms with Crippen LogP contribution in [0.4, 0.5) is 19.0 Å². The van der Waals surface area contributed by atoms with Crippen molar-refractivity contribution in [2.45, 2.75) is 64.1 Å². The van der Waals surface area contributed by atoms with Gasteiger partial charge in [-0.1, -0.05) is 13.0 Å². The summed E-state index contributed by atoms with van der Waals surface area (Å²) in [7, 11) is 1.47. The van der Waals surface area contributed by atoms with E-state index in [4.69, 9.17) is 9.72 Å². The number of imide groups is 1. The minimum absolute atomic E-state index is 0.0685. The molecule has 258 valence electrons. The third-order valence-corrected chi connectivity index (χ3v) is 10.6. The number of fused-ring (bicyclic) bond motifs is 3. The summed E-state index contributed by atoms with van der Waals surface area (Å²) < 4.78 is 52.6. The highest BCUT2D eigenvalue weighted by Crippen LogP contribution is 2.42. The molecule has 3 fully saturated rings. The second-order valence-corrected chi connectivity index (χ2v) is 13.5. The van der Waals surface area contributed by atoms with Gasteiger partial charge in [0.1, 0.15) is 41.4 Å². The average molecular weight is 677 g/mol. The summed E-state index contributed by atoms with van der Waals surface area (Å²) in [4.78, 5) is 43.6. The molecule has 3 aliphatic heterocycles. The summed E-state index contributed by atoms with van der Waals surface area (Å²) in [6.45, 7) is 5.21. The van der Waals surface area contributed by atoms with E-state index in [-0.39, 0.29) is 52.9 Å². The molecule has 5 heterocycles. The molecule has 7 rings (SSSR count). The lowest BCUT2D eigenvalue weighted by Gasteiger charge is -2.34. The van der Waals surface area contributed by atoms with E-state index in [1.807, 2.05) is 4.90 Å². The van der Waals surface area contributed by atoms with E-state index in [2.05, 4.69) is 14.9 Å². The molecular formula is C36H39F3N6O4. The van der Waals surface area contributed by atoms with Crippen LogP contribution >= 0.6 is 0 Å². The van der Waals surface area contributed by atoms with Crippen LogP contribution in [0.2, 0.25) is 0 Å². The lowest BCUT2D eigenvalue weighted by atomic mass is 9.94. The number of piperidine rings is 1. The molecule has 2 amide bonds. The first kappa shape index (κ1) is 33.0. The Morgan fingerprint density at radius 1 is 1.14 bits per heavy atom. The molecule has 2 atom stereocenters. The first-order valence-corrected chi connectivity index (χ1v) is 16.9. The van der Waals surface area contributed by atoms with Crippen molar-refractivity contribution in [3.8, 4) is 23.0 Å². The third-order valence-electron chi connectivity index (χ3n) is 10.6. The first-order valence-electron chi connectivity index (χ1n) is 16.9. The van der Waals surface area contributed by atoms with E-state index >= 15 is 4.39 Å². The van der Waals surface area contributed by atoms with Crippen LogP contribution in [-0.4, -0.2) is 93.2 Å². The van der Waals surface area contributed by atoms with E-state index in [0.717, 1.165) is 24.3 Å². The maximum Gasteiger partial charge on any atom is 0.319 e. The maximum atomic E-state index is 16.9. The van der Waals surface area contributed by atoms with Gasteiger partial charge in [-0.3, -0.25) is 24.4 Å². The zero-order chi connectivity index (χ0) is 34.6. The number of anilines is 1. The fourth-order valence-corrected chi connectivity index (χ4v) is 7.96. The van der Waals surface area contributed by atoms with Crippen molar-refractivity contribution in [3.05, 3.63) is 47.7 Å². The average Bonchev–Trinajstić information content (AvgIpc) is 3.62. The van der Waals surface area contributed by atoms with Gasteiger partial charge >= 0.3 is 6.01 Å². The van der Waals surface area contributed by atoms with Gasteiger partial charge in [0, 0.05) is 57.7 Å². The zero-order valence-electron chi connectivity index (χ0n) is 27.8. The van der Waals surface area contributed by atoms with Gasteiger partial charge in [0.15, 0.2) is 5.82 Å². The van der Waals surface area contributed by atoms with Crippen LogP contribution in [0.1, 0.15) is 51.5 Å². The van der Waals surface area contributed by atoms with Gasteiger partial charge in [-0.15, -0.1) is 0 Å². The van der Waals surface area contributed by atoms with Crippen molar-refractivity contribution in [1.82, 2.24) is 24.8 Å². The Balaban J connectivity index is 1.31. The molecule has 1 N–H and O–H groups in total. The standard InChI is InChI=1S/C36H39F3N6O4/c1-4-25-28(38)7-6-22-14-24(47)15-26(29(22)25)31-30(39)32-27(17-40-31)33(44-12-8-21(9-13-44)34(48)43(3)20(2)46)42-35(41-32)49-19-36-10-5-11-45(36)18-23(37)16-36/h6-7,14-15,17,21,23,47H,4-5,8-13,16,18-19H2,1-3H3/t23-,36+/m1/s1. The number of ether oxygens (including phenoxy) is 1. The number of pyridine rings is 1. The predicted molar refractivity (Wildman–Crippen MR) is 178 cm³/mol. The summed E-state index contributed by atoms with van der Waals surface area (Å²) in [5.74, 6) is -1.91. The van der Waals surface area contributed by atoms with Gasteiger partial charge in [0.25, 0.3) is 0 Å². The second-order valence-electron chi connectivity index (χ2n) is 13.5. The SMILES string of the molecule is CCc1c(F)ccc2cc(O)cc(-c3ncc4c(N5CCC(C(=O)N(C)C(C)=O)CC5)nc(OC[C@@]56CCCN5C[C@H](F)C6)nc4c3F)c12. The minimum Gasteiger partial charge on any atom is -0.508 e. The van der Waals surface area contributed by atoms with Crippen LogP contribution in [0.5, 0.6) is 11.8 Å². The Bertz CT molecular complexity index is 1970. The van der Waals surface area contributed by atoms with Crippen molar-refractivity contribution in [1.29, 1.82) is 0 Å². The Labute approximate surface area is 281 Å². The van der Waals surface area contributed by atoms with Crippen LogP contribution in [0.25, 0.3) is 32.9 Å². The fraction of sp³-hybridized carbons (Fsp3) is 0.472. The molecule has 2 aromatic carbocycles. The Morgan fingerprint density at radius 2 is 1.92 bits per heavy atom. The number of aromatic hydroxyl groups is 1. The van der Waals surface area contributed by atoms with Crippen molar-refractivity contribution < 1.29 is 32.6 Å². The smallest absolute Gasteiger partial charge is 0.319 e. The summed E-state index contributed by atoms with van der Waals surface area (Å²) in [5, 5.41) is 11.9. The van der Waals surface area contributed by atoms with Gasteiger partial charge in [-0.05, 0) is 73.2 Å². The highest BCUT2D eigenvalue weighted by Gasteiger charge is 2.49. The molecule has 3 aliphatic rings. The summed E-state index contributed by atoms with van der Waals surface area (Å²) in [6, 6.07) is 5.67. The molecule has 0 unspecified atom stereocenters. The summed E-state index contributed by atoms with van der Waals surface area (Å²) in [5.41, 5.74) is -0.0686. The highest BCUT2D eigenvalue weighted by molar-refractivity contribution is 6.02. The van der Waals surface area contributed by atoms with E-state index < -0.39 is 23.3 Å². The van der Waals surface area contributed by atoms with E-state index in [1.165, 1.54) is 44.4 Å². The highest BCUT2D eigenvalue weighted by atomic mass is 19.1. The van der Waals surface area contributed by atoms with Crippen LogP contribution < -0.4 is 9.64 Å². The first-order chi connectivity index (χ1) is 23.5. The molecule has 49 heavy (non-hydrogen) atoms. The number of hydrogen-bond donors (Lipinski definition) is 1. The molecule has 4 aromatic rings. The molecule has 0 aliphatic carbocycles. The van der Waals surface area contributed by atoms with Gasteiger partial charge in [0.05, 0.1) is 10.9 Å². The van der Waals surface area contributed by atoms with Crippen molar-refractivity contribution in [2.24, 2.45) is 5.92 Å². The van der Waals surface area contributed by atoms with Crippen LogP contribution in [-0.2, 0) is 16.0 Å². The zero-order valence-corrected chi connectivity index (χ0v) is 27.8. The number of rotatable bonds is 7. The number of alkyl halides is 1. The third kappa shape index (κ3) is 5.81. The molecule has 0 radical (unpaired) electrons. The quantitative estimate of drug-likeness (QED) is 0.269. The molecule has 10 nitrogen and oxygen atoms in total. The number of phenolic OH excluding ortho intramolecular Hbond substituents is 1. The van der Waals surface area contributed by atoms with Gasteiger partial charge in [0.2, 0.25) is 11.8 Å². The van der Waals surface area contributed by atoms with Crippen LogP contribution in [0.3, 0.4) is 0 Å². The van der Waals surface area contributed by atoms with Crippen molar-refractivity contribution in [3.63, 3.8) is 0 Å². The van der Waals surface area contributed by atoms with Gasteiger partial charge in [-0.2, -0.15) is 9.97 Å². The molecule has 0 spiro atoms. The van der Waals surface area contributed by atoms with Crippen molar-refractivity contribution >= 4 is 39.3 Å². The molecule has 0 saturated carbocycles. The number of carbonyl (C=O) groups is 2. The number of nitrogens with zero attached hydrogens (tertiary/aromatic N) is 6. The second kappa shape index (κ2) is 12.7. The van der Waals surface area contributed by atoms with Crippen LogP contribution in [0, 0.1) is 17.6 Å². The number of phenols is 1. The molecule has 2 aromatic heterocycles. The Hall–Kier alpha value is -4.52. The Kier molecular flexibility index (Phi) is 8.58. The number of hydrogen-bond acceptors (Lipinski definition) is 9. The normalized spacial score (nSPS) is 21.4. The van der Waals surface area contributed by atoms with E-state index in [9.17, 15) is 23.5 Å². The van der Waals surface area contributed by atoms with Crippen molar-refractivity contribution in [2.75, 3.05) is 44.7 Å². The number of amides is 2. The Morgan fingerprint density at radius 3 is 2.65 bits per heavy atom. The molecule has 13 heteroatoms. The molecule has 3 saturated heterocycles. The summed E-state index contributed by atoms with van der Waals surface area (Å²) >= 11 is 0. The monoisotopic (exact) mass is 676 g/mol. The number of aryl methyl sites for hydroxylation is 1. The lowest BCUT2D eigenvalue weighted by Crippen LogP contribution is -2.44. The van der Waals surface area contributed by atoms with E-state index in [0.29, 0.717) is 72.9 Å². The molecule has 0 bridgehead atoms. The minimum atomic E-state index is -0.955. The number of aromatic nitrogens is 3. The number of carbonyl (C=O) groups excluding carboxylic acids is 2. The number of benzene rings is 2. The number of halogens is 3. The topological polar surface area (TPSA) is 112 Å². The predicted octanol–water partition coefficient (Wildman–Crippen LogP) is 5.57. The van der Waals surface area contributed by atoms with E-state index in [1.54, 1.807) is 6.92 Å². The molecular weight excluding hydrogens is 637 g/mol. The summed E-state index contributed by atoms with van der Waals surface area (Å²) in [6.07, 6.45) is 3.78. The largest absolute Gasteiger partial charge is 0.508 e. The fourth-order valence-electron chi connectivity index (χ4n) is 7.96. The van der Waals surface area contributed by atoms with Crippen LogP contribution in [0.15, 0.2) is 30.5 Å². The lowest BCUT2D eigenvalue weighted by molar-refractivity contribution is -0.145.